The van der Waals surface area contributed by atoms with Gasteiger partial charge in [-0.05, 0) is 61.6 Å². The maximum absolute atomic E-state index is 9.72. The molecule has 0 aromatic heterocycles. The third-order valence-electron chi connectivity index (χ3n) is 7.61. The first-order valence-electron chi connectivity index (χ1n) is 15.8. The maximum Gasteiger partial charge on any atom is 0.203 e. The number of benzene rings is 1. The minimum atomic E-state index is -0.833. The SMILES string of the molecule is CCCCC(CC)COc1cc(COC(C)O)cc(OCC(CC)CCCC)c1OCC(CC)CCCC. The van der Waals surface area contributed by atoms with Gasteiger partial charge in [-0.1, -0.05) is 99.3 Å². The molecule has 1 aromatic rings. The number of hydrogen-bond donors (Lipinski definition) is 1. The summed E-state index contributed by atoms with van der Waals surface area (Å²) in [4.78, 5) is 0. The van der Waals surface area contributed by atoms with Crippen LogP contribution in [0.2, 0.25) is 0 Å². The van der Waals surface area contributed by atoms with Crippen molar-refractivity contribution in [3.63, 3.8) is 0 Å². The summed E-state index contributed by atoms with van der Waals surface area (Å²) in [6, 6.07) is 4.02. The van der Waals surface area contributed by atoms with E-state index in [-0.39, 0.29) is 0 Å². The molecular weight excluding hydrogens is 476 g/mol. The summed E-state index contributed by atoms with van der Waals surface area (Å²) in [5.41, 5.74) is 0.921. The lowest BCUT2D eigenvalue weighted by Crippen LogP contribution is -2.17. The fourth-order valence-corrected chi connectivity index (χ4v) is 4.60. The summed E-state index contributed by atoms with van der Waals surface area (Å²) in [6.45, 7) is 17.3. The molecule has 1 aromatic carbocycles. The number of aliphatic hydroxyl groups is 1. The highest BCUT2D eigenvalue weighted by Gasteiger charge is 2.20. The normalized spacial score (nSPS) is 14.6. The quantitative estimate of drug-likeness (QED) is 0.133. The lowest BCUT2D eigenvalue weighted by molar-refractivity contribution is -0.0940. The van der Waals surface area contributed by atoms with Crippen molar-refractivity contribution in [2.75, 3.05) is 19.8 Å². The van der Waals surface area contributed by atoms with E-state index in [1.807, 2.05) is 12.1 Å². The van der Waals surface area contributed by atoms with Crippen molar-refractivity contribution in [2.45, 2.75) is 138 Å². The van der Waals surface area contributed by atoms with Crippen molar-refractivity contribution >= 4 is 0 Å². The van der Waals surface area contributed by atoms with Gasteiger partial charge in [0.15, 0.2) is 17.8 Å². The molecule has 0 bridgehead atoms. The van der Waals surface area contributed by atoms with Gasteiger partial charge in [0.1, 0.15) is 0 Å². The van der Waals surface area contributed by atoms with Gasteiger partial charge in [0.25, 0.3) is 0 Å². The Morgan fingerprint density at radius 2 is 1.03 bits per heavy atom. The van der Waals surface area contributed by atoms with Gasteiger partial charge in [0.05, 0.1) is 26.4 Å². The van der Waals surface area contributed by atoms with Crippen LogP contribution in [0, 0.1) is 17.8 Å². The van der Waals surface area contributed by atoms with Crippen LogP contribution in [0.4, 0.5) is 0 Å². The fraction of sp³-hybridized carbons (Fsp3) is 0.818. The van der Waals surface area contributed by atoms with Crippen LogP contribution in [0.15, 0.2) is 12.1 Å². The highest BCUT2D eigenvalue weighted by atomic mass is 16.6. The van der Waals surface area contributed by atoms with Crippen molar-refractivity contribution in [1.82, 2.24) is 0 Å². The number of aliphatic hydroxyl groups excluding tert-OH is 1. The largest absolute Gasteiger partial charge is 0.489 e. The fourth-order valence-electron chi connectivity index (χ4n) is 4.60. The molecule has 0 aliphatic rings. The van der Waals surface area contributed by atoms with Crippen molar-refractivity contribution < 1.29 is 24.1 Å². The van der Waals surface area contributed by atoms with Crippen molar-refractivity contribution in [3.8, 4) is 17.2 Å². The molecule has 5 heteroatoms. The van der Waals surface area contributed by atoms with E-state index in [2.05, 4.69) is 41.5 Å². The summed E-state index contributed by atoms with van der Waals surface area (Å²) in [5.74, 6) is 3.71. The van der Waals surface area contributed by atoms with Gasteiger partial charge in [-0.3, -0.25) is 0 Å². The van der Waals surface area contributed by atoms with Gasteiger partial charge in [0.2, 0.25) is 5.75 Å². The number of ether oxygens (including phenoxy) is 4. The van der Waals surface area contributed by atoms with Gasteiger partial charge in [-0.25, -0.2) is 0 Å². The Bertz CT molecular complexity index is 664. The van der Waals surface area contributed by atoms with Gasteiger partial charge < -0.3 is 24.1 Å². The second-order valence-electron chi connectivity index (χ2n) is 11.0. The predicted molar refractivity (Wildman–Crippen MR) is 159 cm³/mol. The zero-order valence-electron chi connectivity index (χ0n) is 25.9. The van der Waals surface area contributed by atoms with E-state index in [0.717, 1.165) is 42.1 Å². The first kappa shape index (κ1) is 34.6. The molecule has 0 heterocycles. The van der Waals surface area contributed by atoms with Gasteiger partial charge in [-0.2, -0.15) is 0 Å². The second kappa shape index (κ2) is 21.4. The zero-order chi connectivity index (χ0) is 28.2. The van der Waals surface area contributed by atoms with E-state index in [4.69, 9.17) is 18.9 Å². The Hall–Kier alpha value is -1.46. The minimum absolute atomic E-state index is 0.291. The van der Waals surface area contributed by atoms with Crippen LogP contribution >= 0.6 is 0 Å². The average Bonchev–Trinajstić information content (AvgIpc) is 2.92. The maximum atomic E-state index is 9.72. The van der Waals surface area contributed by atoms with Gasteiger partial charge >= 0.3 is 0 Å². The summed E-state index contributed by atoms with van der Waals surface area (Å²) < 4.78 is 25.1. The summed E-state index contributed by atoms with van der Waals surface area (Å²) in [6.07, 6.45) is 13.2. The Kier molecular flexibility index (Phi) is 19.4. The summed E-state index contributed by atoms with van der Waals surface area (Å²) >= 11 is 0. The summed E-state index contributed by atoms with van der Waals surface area (Å²) in [5, 5.41) is 9.72. The highest BCUT2D eigenvalue weighted by molar-refractivity contribution is 5.54. The van der Waals surface area contributed by atoms with E-state index < -0.39 is 6.29 Å². The molecule has 0 saturated carbocycles. The average molecular weight is 537 g/mol. The lowest BCUT2D eigenvalue weighted by atomic mass is 10.00. The Balaban J connectivity index is 3.30. The smallest absolute Gasteiger partial charge is 0.203 e. The number of unbranched alkanes of at least 4 members (excludes halogenated alkanes) is 3. The van der Waals surface area contributed by atoms with Gasteiger partial charge in [0, 0.05) is 0 Å². The molecule has 5 nitrogen and oxygen atoms in total. The van der Waals surface area contributed by atoms with E-state index in [0.29, 0.717) is 44.2 Å². The van der Waals surface area contributed by atoms with Gasteiger partial charge in [-0.15, -0.1) is 0 Å². The molecule has 4 unspecified atom stereocenters. The van der Waals surface area contributed by atoms with Crippen molar-refractivity contribution in [1.29, 1.82) is 0 Å². The van der Waals surface area contributed by atoms with Crippen LogP contribution in [-0.4, -0.2) is 31.2 Å². The number of hydrogen-bond acceptors (Lipinski definition) is 5. The zero-order valence-corrected chi connectivity index (χ0v) is 25.9. The summed E-state index contributed by atoms with van der Waals surface area (Å²) in [7, 11) is 0. The molecule has 1 N–H and O–H groups in total. The molecule has 4 atom stereocenters. The van der Waals surface area contributed by atoms with Crippen LogP contribution < -0.4 is 14.2 Å². The molecule has 0 radical (unpaired) electrons. The molecular formula is C33H60O5. The van der Waals surface area contributed by atoms with E-state index in [1.54, 1.807) is 6.92 Å². The van der Waals surface area contributed by atoms with E-state index in [1.165, 1.54) is 57.8 Å². The minimum Gasteiger partial charge on any atom is -0.489 e. The Morgan fingerprint density at radius 3 is 1.37 bits per heavy atom. The molecule has 38 heavy (non-hydrogen) atoms. The third kappa shape index (κ3) is 14.1. The van der Waals surface area contributed by atoms with Crippen LogP contribution in [0.3, 0.4) is 0 Å². The topological polar surface area (TPSA) is 57.2 Å². The van der Waals surface area contributed by atoms with Crippen LogP contribution in [0.1, 0.15) is 131 Å². The second-order valence-corrected chi connectivity index (χ2v) is 11.0. The van der Waals surface area contributed by atoms with E-state index >= 15 is 0 Å². The number of rotatable bonds is 24. The Morgan fingerprint density at radius 1 is 0.632 bits per heavy atom. The Labute approximate surface area is 235 Å². The van der Waals surface area contributed by atoms with Crippen molar-refractivity contribution in [2.24, 2.45) is 17.8 Å². The molecule has 0 amide bonds. The predicted octanol–water partition coefficient (Wildman–Crippen LogP) is 9.33. The first-order chi connectivity index (χ1) is 18.4. The molecule has 1 rings (SSSR count). The monoisotopic (exact) mass is 536 g/mol. The van der Waals surface area contributed by atoms with Crippen molar-refractivity contribution in [3.05, 3.63) is 17.7 Å². The standard InChI is InChI=1S/C33H60O5/c1-8-14-17-27(11-4)22-36-31-20-30(25-35-26(7)34)21-32(37-23-28(12-5)18-15-9-2)33(31)38-24-29(13-6)19-16-10-3/h20-21,26-29,34H,8-19,22-25H2,1-7H3. The highest BCUT2D eigenvalue weighted by Crippen LogP contribution is 2.41. The van der Waals surface area contributed by atoms with Crippen LogP contribution in [0.25, 0.3) is 0 Å². The van der Waals surface area contributed by atoms with Crippen LogP contribution in [-0.2, 0) is 11.3 Å². The molecule has 0 aliphatic heterocycles. The molecule has 0 saturated heterocycles. The lowest BCUT2D eigenvalue weighted by Gasteiger charge is -2.24. The molecule has 0 fully saturated rings. The molecule has 0 spiro atoms. The molecule has 222 valence electrons. The van der Waals surface area contributed by atoms with E-state index in [9.17, 15) is 5.11 Å². The first-order valence-corrected chi connectivity index (χ1v) is 15.8. The van der Waals surface area contributed by atoms with Crippen LogP contribution in [0.5, 0.6) is 17.2 Å². The molecule has 0 aliphatic carbocycles. The third-order valence-corrected chi connectivity index (χ3v) is 7.61.